The highest BCUT2D eigenvalue weighted by Crippen LogP contribution is 2.26. The molecular formula is C10H12BFN2O4. The van der Waals surface area contributed by atoms with Crippen molar-refractivity contribution in [3.05, 3.63) is 28.1 Å². The van der Waals surface area contributed by atoms with Crippen LogP contribution < -0.4 is 10.8 Å². The number of carboxylic acids is 1. The number of hydrogen-bond donors (Lipinski definition) is 2. The Balaban J connectivity index is 3.10. The first-order valence-electron chi connectivity index (χ1n) is 5.24. The predicted molar refractivity (Wildman–Crippen MR) is 66.6 cm³/mol. The van der Waals surface area contributed by atoms with Crippen LogP contribution in [0.5, 0.6) is 0 Å². The van der Waals surface area contributed by atoms with E-state index in [-0.39, 0.29) is 12.1 Å². The van der Waals surface area contributed by atoms with Crippen LogP contribution in [0.1, 0.15) is 13.3 Å². The van der Waals surface area contributed by atoms with Crippen molar-refractivity contribution in [3.8, 4) is 0 Å². The van der Waals surface area contributed by atoms with Gasteiger partial charge in [0, 0.05) is 6.04 Å². The summed E-state index contributed by atoms with van der Waals surface area (Å²) in [5.74, 6) is -1.98. The van der Waals surface area contributed by atoms with Gasteiger partial charge in [-0.15, -0.1) is 0 Å². The van der Waals surface area contributed by atoms with Crippen molar-refractivity contribution in [2.75, 3.05) is 5.32 Å². The number of halogens is 1. The highest BCUT2D eigenvalue weighted by atomic mass is 19.1. The summed E-state index contributed by atoms with van der Waals surface area (Å²) in [4.78, 5) is 20.5. The molecule has 0 unspecified atom stereocenters. The van der Waals surface area contributed by atoms with Gasteiger partial charge in [-0.3, -0.25) is 14.9 Å². The molecule has 0 bridgehead atoms. The van der Waals surface area contributed by atoms with Gasteiger partial charge in [0.2, 0.25) is 5.82 Å². The first kappa shape index (κ1) is 13.9. The molecule has 6 nitrogen and oxygen atoms in total. The van der Waals surface area contributed by atoms with Crippen molar-refractivity contribution in [2.45, 2.75) is 19.4 Å². The van der Waals surface area contributed by atoms with E-state index < -0.39 is 28.4 Å². The quantitative estimate of drug-likeness (QED) is 0.447. The largest absolute Gasteiger partial charge is 0.481 e. The number of carbonyl (C=O) groups is 1. The van der Waals surface area contributed by atoms with Crippen molar-refractivity contribution in [3.63, 3.8) is 0 Å². The fourth-order valence-electron chi connectivity index (χ4n) is 1.59. The zero-order valence-corrected chi connectivity index (χ0v) is 9.94. The van der Waals surface area contributed by atoms with E-state index in [9.17, 15) is 19.3 Å². The molecule has 2 N–H and O–H groups in total. The zero-order chi connectivity index (χ0) is 13.9. The molecule has 0 fully saturated rings. The van der Waals surface area contributed by atoms with E-state index in [2.05, 4.69) is 5.32 Å². The highest BCUT2D eigenvalue weighted by molar-refractivity contribution is 6.36. The van der Waals surface area contributed by atoms with Crippen LogP contribution in [0.15, 0.2) is 12.1 Å². The lowest BCUT2D eigenvalue weighted by Crippen LogP contribution is -2.24. The first-order valence-corrected chi connectivity index (χ1v) is 5.24. The molecule has 1 aromatic carbocycles. The van der Waals surface area contributed by atoms with E-state index in [1.807, 2.05) is 0 Å². The molecule has 0 heterocycles. The second-order valence-electron chi connectivity index (χ2n) is 3.99. The minimum absolute atomic E-state index is 0.0220. The van der Waals surface area contributed by atoms with Crippen LogP contribution in [0.3, 0.4) is 0 Å². The number of nitrogens with zero attached hydrogens (tertiary/aromatic N) is 1. The van der Waals surface area contributed by atoms with E-state index in [1.54, 1.807) is 14.8 Å². The van der Waals surface area contributed by atoms with E-state index in [0.717, 1.165) is 6.07 Å². The predicted octanol–water partition coefficient (Wildman–Crippen LogP) is 0.267. The third kappa shape index (κ3) is 3.19. The Morgan fingerprint density at radius 1 is 1.67 bits per heavy atom. The number of rotatable bonds is 5. The van der Waals surface area contributed by atoms with Gasteiger partial charge in [-0.1, -0.05) is 11.5 Å². The Kier molecular flexibility index (Phi) is 4.25. The van der Waals surface area contributed by atoms with Crippen molar-refractivity contribution in [2.24, 2.45) is 0 Å². The summed E-state index contributed by atoms with van der Waals surface area (Å²) in [6, 6.07) is 1.88. The molecule has 0 radical (unpaired) electrons. The van der Waals surface area contributed by atoms with Crippen molar-refractivity contribution < 1.29 is 19.2 Å². The number of anilines is 1. The second kappa shape index (κ2) is 5.48. The summed E-state index contributed by atoms with van der Waals surface area (Å²) in [7, 11) is 1.59. The number of nitro groups is 1. The molecule has 0 saturated carbocycles. The van der Waals surface area contributed by atoms with Crippen LogP contribution >= 0.6 is 0 Å². The van der Waals surface area contributed by atoms with Crippen molar-refractivity contribution in [1.29, 1.82) is 0 Å². The lowest BCUT2D eigenvalue weighted by Gasteiger charge is -2.15. The Morgan fingerprint density at radius 3 is 2.78 bits per heavy atom. The van der Waals surface area contributed by atoms with E-state index >= 15 is 0 Å². The van der Waals surface area contributed by atoms with Crippen LogP contribution in [-0.4, -0.2) is 29.9 Å². The molecule has 0 aromatic heterocycles. The van der Waals surface area contributed by atoms with Crippen molar-refractivity contribution >= 4 is 30.7 Å². The van der Waals surface area contributed by atoms with Crippen LogP contribution in [0.4, 0.5) is 15.8 Å². The fraction of sp³-hybridized carbons (Fsp3) is 0.300. The monoisotopic (exact) mass is 254 g/mol. The lowest BCUT2D eigenvalue weighted by atomic mass is 9.92. The summed E-state index contributed by atoms with van der Waals surface area (Å²) in [5.41, 5.74) is -0.152. The van der Waals surface area contributed by atoms with Gasteiger partial charge in [0.25, 0.3) is 0 Å². The fourth-order valence-corrected chi connectivity index (χ4v) is 1.59. The number of benzene rings is 1. The van der Waals surface area contributed by atoms with Crippen molar-refractivity contribution in [1.82, 2.24) is 0 Å². The SMILES string of the molecule is Bc1ccc(F)c([N+](=O)[O-])c1N[C@H](C)CC(=O)O. The number of hydrogen-bond acceptors (Lipinski definition) is 4. The van der Waals surface area contributed by atoms with E-state index in [4.69, 9.17) is 5.11 Å². The summed E-state index contributed by atoms with van der Waals surface area (Å²) in [5, 5.41) is 22.1. The molecule has 1 aromatic rings. The molecule has 0 spiro atoms. The zero-order valence-electron chi connectivity index (χ0n) is 9.94. The molecule has 0 aliphatic heterocycles. The van der Waals surface area contributed by atoms with Gasteiger partial charge in [-0.05, 0) is 13.0 Å². The van der Waals surface area contributed by atoms with Crippen LogP contribution in [0.25, 0.3) is 0 Å². The summed E-state index contributed by atoms with van der Waals surface area (Å²) < 4.78 is 13.4. The maximum Gasteiger partial charge on any atom is 0.327 e. The molecular weight excluding hydrogens is 242 g/mol. The number of carboxylic acid groups (broad SMARTS) is 1. The molecule has 1 atom stereocenters. The first-order chi connectivity index (χ1) is 8.32. The normalized spacial score (nSPS) is 11.9. The number of aliphatic carboxylic acids is 1. The average molecular weight is 254 g/mol. The van der Waals surface area contributed by atoms with Gasteiger partial charge in [-0.2, -0.15) is 4.39 Å². The molecule has 18 heavy (non-hydrogen) atoms. The van der Waals surface area contributed by atoms with Crippen LogP contribution in [0, 0.1) is 15.9 Å². The minimum atomic E-state index is -1.04. The third-order valence-corrected chi connectivity index (χ3v) is 2.39. The maximum atomic E-state index is 13.4. The lowest BCUT2D eigenvalue weighted by molar-refractivity contribution is -0.386. The van der Waals surface area contributed by atoms with E-state index in [1.165, 1.54) is 6.07 Å². The molecule has 0 aliphatic carbocycles. The molecule has 0 saturated heterocycles. The Bertz CT molecular complexity index is 495. The Hall–Kier alpha value is -2.12. The molecule has 0 aliphatic rings. The van der Waals surface area contributed by atoms with Gasteiger partial charge < -0.3 is 10.4 Å². The summed E-state index contributed by atoms with van der Waals surface area (Å²) in [6.07, 6.45) is -0.215. The van der Waals surface area contributed by atoms with Gasteiger partial charge >= 0.3 is 11.7 Å². The molecule has 0 amide bonds. The van der Waals surface area contributed by atoms with E-state index in [0.29, 0.717) is 5.46 Å². The van der Waals surface area contributed by atoms with Gasteiger partial charge in [0.1, 0.15) is 13.5 Å². The van der Waals surface area contributed by atoms with Gasteiger partial charge in [0.15, 0.2) is 0 Å². The highest BCUT2D eigenvalue weighted by Gasteiger charge is 2.23. The Labute approximate surface area is 103 Å². The Morgan fingerprint density at radius 2 is 2.28 bits per heavy atom. The maximum absolute atomic E-state index is 13.4. The molecule has 96 valence electrons. The minimum Gasteiger partial charge on any atom is -0.481 e. The number of nitro benzene ring substituents is 1. The summed E-state index contributed by atoms with van der Waals surface area (Å²) >= 11 is 0. The van der Waals surface area contributed by atoms with Gasteiger partial charge in [-0.25, -0.2) is 0 Å². The standard InChI is InChI=1S/C10H12BFN2O4/c1-5(4-8(15)16)13-9-6(11)2-3-7(12)10(9)14(17)18/h2-3,5,13H,4,11H2,1H3,(H,15,16)/t5-/m1/s1. The van der Waals surface area contributed by atoms with Crippen LogP contribution in [-0.2, 0) is 4.79 Å². The topological polar surface area (TPSA) is 92.5 Å². The number of nitrogens with one attached hydrogen (secondary N) is 1. The third-order valence-electron chi connectivity index (χ3n) is 2.39. The average Bonchev–Trinajstić information content (AvgIpc) is 2.21. The summed E-state index contributed by atoms with van der Waals surface area (Å²) in [6.45, 7) is 1.56. The van der Waals surface area contributed by atoms with Crippen LogP contribution in [0.2, 0.25) is 0 Å². The molecule has 1 rings (SSSR count). The second-order valence-corrected chi connectivity index (χ2v) is 3.99. The molecule has 8 heteroatoms. The van der Waals surface area contributed by atoms with Gasteiger partial charge in [0.05, 0.1) is 11.3 Å². The smallest absolute Gasteiger partial charge is 0.327 e.